The zero-order chi connectivity index (χ0) is 19.1. The van der Waals surface area contributed by atoms with Crippen molar-refractivity contribution in [3.8, 4) is 17.4 Å². The molecular formula is C19H17N7O2. The van der Waals surface area contributed by atoms with E-state index in [1.165, 1.54) is 0 Å². The molecule has 9 nitrogen and oxygen atoms in total. The lowest BCUT2D eigenvalue weighted by molar-refractivity contribution is 0.289. The van der Waals surface area contributed by atoms with Crippen LogP contribution in [-0.2, 0) is 13.2 Å². The fourth-order valence-corrected chi connectivity index (χ4v) is 3.09. The highest BCUT2D eigenvalue weighted by atomic mass is 16.5. The number of hydrogen-bond acceptors (Lipinski definition) is 7. The first-order valence-corrected chi connectivity index (χ1v) is 8.94. The Kier molecular flexibility index (Phi) is 3.78. The third kappa shape index (κ3) is 2.68. The largest absolute Gasteiger partial charge is 0.470 e. The summed E-state index contributed by atoms with van der Waals surface area (Å²) in [6, 6.07) is 9.61. The van der Waals surface area contributed by atoms with E-state index in [4.69, 9.17) is 9.26 Å². The Morgan fingerprint density at radius 1 is 1.14 bits per heavy atom. The van der Waals surface area contributed by atoms with Crippen molar-refractivity contribution in [2.24, 2.45) is 0 Å². The zero-order valence-corrected chi connectivity index (χ0v) is 15.4. The molecule has 0 spiro atoms. The number of aryl methyl sites for hydroxylation is 2. The molecule has 0 aliphatic heterocycles. The van der Waals surface area contributed by atoms with Crippen molar-refractivity contribution in [1.29, 1.82) is 0 Å². The second-order valence-corrected chi connectivity index (χ2v) is 6.42. The van der Waals surface area contributed by atoms with Gasteiger partial charge in [0.25, 0.3) is 0 Å². The Balaban J connectivity index is 1.62. The lowest BCUT2D eigenvalue weighted by Crippen LogP contribution is -2.03. The van der Waals surface area contributed by atoms with Gasteiger partial charge in [0.1, 0.15) is 12.4 Å². The Labute approximate surface area is 159 Å². The number of rotatable bonds is 5. The molecule has 1 aromatic carbocycles. The van der Waals surface area contributed by atoms with E-state index < -0.39 is 0 Å². The maximum absolute atomic E-state index is 6.03. The molecule has 0 bridgehead atoms. The van der Waals surface area contributed by atoms with E-state index in [1.807, 2.05) is 42.0 Å². The Morgan fingerprint density at radius 3 is 2.75 bits per heavy atom. The van der Waals surface area contributed by atoms with E-state index in [2.05, 4.69) is 32.4 Å². The zero-order valence-electron chi connectivity index (χ0n) is 15.4. The predicted molar refractivity (Wildman–Crippen MR) is 101 cm³/mol. The summed E-state index contributed by atoms with van der Waals surface area (Å²) in [7, 11) is 0. The molecule has 0 atom stereocenters. The van der Waals surface area contributed by atoms with E-state index in [0.717, 1.165) is 23.0 Å². The van der Waals surface area contributed by atoms with Crippen molar-refractivity contribution in [2.75, 3.05) is 0 Å². The highest BCUT2D eigenvalue weighted by Crippen LogP contribution is 2.29. The van der Waals surface area contributed by atoms with Crippen LogP contribution >= 0.6 is 0 Å². The van der Waals surface area contributed by atoms with Crippen molar-refractivity contribution < 1.29 is 9.26 Å². The third-order valence-corrected chi connectivity index (χ3v) is 4.50. The molecule has 0 saturated carbocycles. The third-order valence-electron chi connectivity index (χ3n) is 4.50. The second-order valence-electron chi connectivity index (χ2n) is 6.42. The number of nitrogens with zero attached hydrogens (tertiary/aromatic N) is 7. The average Bonchev–Trinajstić information content (AvgIpc) is 3.45. The van der Waals surface area contributed by atoms with Gasteiger partial charge in [0.05, 0.1) is 12.0 Å². The van der Waals surface area contributed by atoms with Crippen LogP contribution in [-0.4, -0.2) is 34.5 Å². The highest BCUT2D eigenvalue weighted by Gasteiger charge is 2.18. The number of aromatic nitrogens is 7. The normalized spacial score (nSPS) is 11.5. The fraction of sp³-hybridized carbons (Fsp3) is 0.211. The number of fused-ring (bicyclic) bond motifs is 3. The van der Waals surface area contributed by atoms with Gasteiger partial charge in [-0.25, -0.2) is 4.98 Å². The maximum atomic E-state index is 6.03. The minimum Gasteiger partial charge on any atom is -0.470 e. The smallest absolute Gasteiger partial charge is 0.240 e. The Hall–Kier alpha value is -3.75. The quantitative estimate of drug-likeness (QED) is 0.466. The van der Waals surface area contributed by atoms with Crippen LogP contribution in [0.25, 0.3) is 27.9 Å². The summed E-state index contributed by atoms with van der Waals surface area (Å²) in [5.74, 6) is 1.67. The number of imidazole rings is 1. The van der Waals surface area contributed by atoms with Gasteiger partial charge in [-0.05, 0) is 19.9 Å². The first kappa shape index (κ1) is 16.4. The molecule has 0 saturated heterocycles. The summed E-state index contributed by atoms with van der Waals surface area (Å²) < 4.78 is 14.8. The van der Waals surface area contributed by atoms with E-state index in [0.29, 0.717) is 35.4 Å². The SMILES string of the molecule is CCn1cnc(COc2nn3c(-c4cc(C)on4)nnc3c3ccccc23)c1. The molecule has 4 aromatic heterocycles. The first-order chi connectivity index (χ1) is 13.7. The van der Waals surface area contributed by atoms with Gasteiger partial charge in [-0.2, -0.15) is 4.52 Å². The molecular weight excluding hydrogens is 358 g/mol. The number of benzene rings is 1. The van der Waals surface area contributed by atoms with Crippen molar-refractivity contribution in [2.45, 2.75) is 27.0 Å². The molecule has 0 unspecified atom stereocenters. The van der Waals surface area contributed by atoms with Crippen molar-refractivity contribution in [1.82, 2.24) is 34.5 Å². The van der Waals surface area contributed by atoms with Crippen LogP contribution in [0.3, 0.4) is 0 Å². The van der Waals surface area contributed by atoms with Gasteiger partial charge < -0.3 is 13.8 Å². The molecule has 28 heavy (non-hydrogen) atoms. The lowest BCUT2D eigenvalue weighted by Gasteiger charge is -2.08. The highest BCUT2D eigenvalue weighted by molar-refractivity contribution is 5.96. The Morgan fingerprint density at radius 2 is 2.00 bits per heavy atom. The molecule has 5 rings (SSSR count). The van der Waals surface area contributed by atoms with Gasteiger partial charge in [-0.15, -0.1) is 15.3 Å². The lowest BCUT2D eigenvalue weighted by atomic mass is 10.2. The second kappa shape index (κ2) is 6.45. The molecule has 0 N–H and O–H groups in total. The minimum atomic E-state index is 0.316. The van der Waals surface area contributed by atoms with Crippen LogP contribution in [0.15, 0.2) is 47.4 Å². The van der Waals surface area contributed by atoms with Crippen LogP contribution in [0.5, 0.6) is 5.88 Å². The summed E-state index contributed by atoms with van der Waals surface area (Å²) in [5, 5.41) is 19.0. The molecule has 9 heteroatoms. The van der Waals surface area contributed by atoms with Gasteiger partial charge in [-0.3, -0.25) is 0 Å². The molecule has 0 aliphatic rings. The van der Waals surface area contributed by atoms with E-state index in [-0.39, 0.29) is 0 Å². The van der Waals surface area contributed by atoms with Crippen molar-refractivity contribution in [3.63, 3.8) is 0 Å². The van der Waals surface area contributed by atoms with Crippen LogP contribution in [0.1, 0.15) is 18.4 Å². The number of hydrogen-bond donors (Lipinski definition) is 0. The fourth-order valence-electron chi connectivity index (χ4n) is 3.09. The van der Waals surface area contributed by atoms with Gasteiger partial charge in [0.15, 0.2) is 11.3 Å². The molecule has 5 aromatic rings. The first-order valence-electron chi connectivity index (χ1n) is 8.94. The summed E-state index contributed by atoms with van der Waals surface area (Å²) in [6.07, 6.45) is 3.75. The molecule has 0 aliphatic carbocycles. The molecule has 0 radical (unpaired) electrons. The average molecular weight is 375 g/mol. The van der Waals surface area contributed by atoms with Crippen LogP contribution in [0.2, 0.25) is 0 Å². The van der Waals surface area contributed by atoms with Crippen LogP contribution in [0, 0.1) is 6.92 Å². The van der Waals surface area contributed by atoms with Gasteiger partial charge >= 0.3 is 0 Å². The predicted octanol–water partition coefficient (Wildman–Crippen LogP) is 3.04. The maximum Gasteiger partial charge on any atom is 0.240 e. The van der Waals surface area contributed by atoms with Crippen LogP contribution in [0.4, 0.5) is 0 Å². The number of ether oxygens (including phenoxy) is 1. The summed E-state index contributed by atoms with van der Waals surface area (Å²) in [4.78, 5) is 4.36. The topological polar surface area (TPSA) is 96.2 Å². The summed E-state index contributed by atoms with van der Waals surface area (Å²) in [6.45, 7) is 5.07. The van der Waals surface area contributed by atoms with E-state index in [1.54, 1.807) is 16.9 Å². The monoisotopic (exact) mass is 375 g/mol. The minimum absolute atomic E-state index is 0.316. The molecule has 140 valence electrons. The van der Waals surface area contributed by atoms with Gasteiger partial charge in [0, 0.05) is 29.6 Å². The molecule has 0 fully saturated rings. The molecule has 4 heterocycles. The van der Waals surface area contributed by atoms with Crippen LogP contribution < -0.4 is 4.74 Å². The van der Waals surface area contributed by atoms with Gasteiger partial charge in [0.2, 0.25) is 11.7 Å². The standard InChI is InChI=1S/C19H17N7O2/c1-3-25-9-13(20-11-25)10-27-19-15-7-5-4-6-14(15)17-21-22-18(26(17)23-19)16-8-12(2)28-24-16/h4-9,11H,3,10H2,1-2H3. The van der Waals surface area contributed by atoms with E-state index >= 15 is 0 Å². The molecule has 0 amide bonds. The summed E-state index contributed by atoms with van der Waals surface area (Å²) >= 11 is 0. The van der Waals surface area contributed by atoms with Crippen molar-refractivity contribution in [3.05, 3.63) is 54.3 Å². The summed E-state index contributed by atoms with van der Waals surface area (Å²) in [5.41, 5.74) is 2.04. The van der Waals surface area contributed by atoms with Crippen molar-refractivity contribution >= 4 is 16.4 Å². The van der Waals surface area contributed by atoms with E-state index in [9.17, 15) is 0 Å². The Bertz CT molecular complexity index is 1280. The van der Waals surface area contributed by atoms with Gasteiger partial charge in [-0.1, -0.05) is 23.4 Å².